The van der Waals surface area contributed by atoms with Crippen LogP contribution in [0, 0.1) is 0 Å². The summed E-state index contributed by atoms with van der Waals surface area (Å²) in [4.78, 5) is 2.42. The highest BCUT2D eigenvalue weighted by Gasteiger charge is 2.33. The molecule has 1 saturated carbocycles. The molecule has 6 nitrogen and oxygen atoms in total. The Labute approximate surface area is 203 Å². The van der Waals surface area contributed by atoms with E-state index in [0.717, 1.165) is 47.2 Å². The summed E-state index contributed by atoms with van der Waals surface area (Å²) in [5, 5.41) is 15.6. The van der Waals surface area contributed by atoms with Crippen LogP contribution >= 0.6 is 0 Å². The number of nitrogens with zero attached hydrogens (tertiary/aromatic N) is 3. The van der Waals surface area contributed by atoms with E-state index in [4.69, 9.17) is 14.6 Å². The van der Waals surface area contributed by atoms with Crippen molar-refractivity contribution in [1.29, 1.82) is 0 Å². The molecule has 0 spiro atoms. The normalized spacial score (nSPS) is 14.6. The van der Waals surface area contributed by atoms with Crippen LogP contribution in [-0.2, 0) is 6.54 Å². The zero-order valence-corrected chi connectivity index (χ0v) is 20.8. The highest BCUT2D eigenvalue weighted by Crippen LogP contribution is 2.37. The van der Waals surface area contributed by atoms with Gasteiger partial charge in [-0.2, -0.15) is 5.10 Å². The lowest BCUT2D eigenvalue weighted by Gasteiger charge is -2.25. The summed E-state index contributed by atoms with van der Waals surface area (Å²) >= 11 is 0. The number of para-hydroxylation sites is 1. The van der Waals surface area contributed by atoms with Crippen LogP contribution in [0.25, 0.3) is 5.69 Å². The van der Waals surface area contributed by atoms with Gasteiger partial charge in [0, 0.05) is 19.1 Å². The molecule has 1 fully saturated rings. The van der Waals surface area contributed by atoms with E-state index in [2.05, 4.69) is 25.7 Å². The lowest BCUT2D eigenvalue weighted by atomic mass is 10.0. The number of hydrogen-bond donors (Lipinski definition) is 1. The van der Waals surface area contributed by atoms with E-state index in [0.29, 0.717) is 19.1 Å². The van der Waals surface area contributed by atoms with E-state index in [1.54, 1.807) is 7.11 Å². The van der Waals surface area contributed by atoms with Crippen molar-refractivity contribution in [2.45, 2.75) is 71.1 Å². The Bertz CT molecular complexity index is 1040. The predicted octanol–water partition coefficient (Wildman–Crippen LogP) is 5.92. The van der Waals surface area contributed by atoms with Gasteiger partial charge < -0.3 is 14.6 Å². The molecule has 4 rings (SSSR count). The summed E-state index contributed by atoms with van der Waals surface area (Å²) in [5.74, 6) is 2.54. The zero-order chi connectivity index (χ0) is 24.1. The third kappa shape index (κ3) is 5.80. The van der Waals surface area contributed by atoms with E-state index < -0.39 is 0 Å². The fourth-order valence-electron chi connectivity index (χ4n) is 4.35. The lowest BCUT2D eigenvalue weighted by Crippen LogP contribution is -2.34. The van der Waals surface area contributed by atoms with Crippen molar-refractivity contribution in [2.75, 3.05) is 13.7 Å². The quantitative estimate of drug-likeness (QED) is 0.361. The smallest absolute Gasteiger partial charge is 0.227 e. The van der Waals surface area contributed by atoms with Crippen LogP contribution in [0.4, 0.5) is 0 Å². The van der Waals surface area contributed by atoms with Gasteiger partial charge in [-0.3, -0.25) is 4.90 Å². The van der Waals surface area contributed by atoms with Gasteiger partial charge in [-0.25, -0.2) is 4.68 Å². The molecular formula is C28H37N3O3. The fraction of sp³-hybridized carbons (Fsp3) is 0.464. The maximum atomic E-state index is 10.6. The Morgan fingerprint density at radius 1 is 1.06 bits per heavy atom. The van der Waals surface area contributed by atoms with Crippen molar-refractivity contribution >= 4 is 0 Å². The SMILES string of the molecule is CCCC(O)CN(Cc1c(C(C)C)nn(-c2ccc(OC)cc2)c1Oc1ccccc1)C1CC1. The van der Waals surface area contributed by atoms with Gasteiger partial charge in [0.1, 0.15) is 11.5 Å². The van der Waals surface area contributed by atoms with Gasteiger partial charge in [0.25, 0.3) is 0 Å². The van der Waals surface area contributed by atoms with Crippen LogP contribution in [0.2, 0.25) is 0 Å². The highest BCUT2D eigenvalue weighted by molar-refractivity contribution is 5.46. The van der Waals surface area contributed by atoms with E-state index in [9.17, 15) is 5.11 Å². The molecule has 2 aromatic carbocycles. The maximum Gasteiger partial charge on any atom is 0.227 e. The molecule has 1 atom stereocenters. The number of benzene rings is 2. The summed E-state index contributed by atoms with van der Waals surface area (Å²) in [6.45, 7) is 7.84. The summed E-state index contributed by atoms with van der Waals surface area (Å²) in [7, 11) is 1.67. The maximum absolute atomic E-state index is 10.6. The van der Waals surface area contributed by atoms with E-state index in [-0.39, 0.29) is 12.0 Å². The second-order valence-corrected chi connectivity index (χ2v) is 9.45. The van der Waals surface area contributed by atoms with Crippen LogP contribution in [0.3, 0.4) is 0 Å². The third-order valence-corrected chi connectivity index (χ3v) is 6.28. The number of hydrogen-bond acceptors (Lipinski definition) is 5. The second-order valence-electron chi connectivity index (χ2n) is 9.45. The second kappa shape index (κ2) is 11.1. The Morgan fingerprint density at radius 3 is 2.35 bits per heavy atom. The molecule has 1 unspecified atom stereocenters. The molecule has 1 aromatic heterocycles. The summed E-state index contributed by atoms with van der Waals surface area (Å²) in [6, 6.07) is 18.3. The first kappa shape index (κ1) is 24.3. The van der Waals surface area contributed by atoms with Gasteiger partial charge in [-0.05, 0) is 61.6 Å². The number of rotatable bonds is 12. The third-order valence-electron chi connectivity index (χ3n) is 6.28. The molecule has 3 aromatic rings. The Balaban J connectivity index is 1.76. The Hall–Kier alpha value is -2.83. The standard InChI is InChI=1S/C28H37N3O3/c1-5-9-23(32)18-30(21-12-13-21)19-26-27(20(2)3)29-31(22-14-16-24(33-4)17-15-22)28(26)34-25-10-7-6-8-11-25/h6-8,10-11,14-17,20-21,23,32H,5,9,12-13,18-19H2,1-4H3. The molecule has 182 valence electrons. The van der Waals surface area contributed by atoms with Crippen molar-refractivity contribution in [3.63, 3.8) is 0 Å². The summed E-state index contributed by atoms with van der Waals surface area (Å²) in [6.07, 6.45) is 3.84. The minimum atomic E-state index is -0.316. The van der Waals surface area contributed by atoms with Gasteiger partial charge >= 0.3 is 0 Å². The van der Waals surface area contributed by atoms with Gasteiger partial charge in [-0.15, -0.1) is 0 Å². The Morgan fingerprint density at radius 2 is 1.76 bits per heavy atom. The molecule has 1 heterocycles. The zero-order valence-electron chi connectivity index (χ0n) is 20.8. The van der Waals surface area contributed by atoms with Gasteiger partial charge in [-0.1, -0.05) is 45.4 Å². The van der Waals surface area contributed by atoms with Gasteiger partial charge in [0.05, 0.1) is 30.2 Å². The first-order valence-corrected chi connectivity index (χ1v) is 12.4. The van der Waals surface area contributed by atoms with E-state index in [1.165, 1.54) is 12.8 Å². The molecule has 34 heavy (non-hydrogen) atoms. The van der Waals surface area contributed by atoms with E-state index in [1.807, 2.05) is 59.3 Å². The number of methoxy groups -OCH3 is 1. The number of aliphatic hydroxyl groups is 1. The number of aliphatic hydroxyl groups excluding tert-OH is 1. The summed E-state index contributed by atoms with van der Waals surface area (Å²) in [5.41, 5.74) is 3.03. The minimum Gasteiger partial charge on any atom is -0.497 e. The molecular weight excluding hydrogens is 426 g/mol. The average molecular weight is 464 g/mol. The average Bonchev–Trinajstić information content (AvgIpc) is 3.63. The molecule has 1 aliphatic rings. The van der Waals surface area contributed by atoms with Crippen LogP contribution in [0.5, 0.6) is 17.4 Å². The van der Waals surface area contributed by atoms with E-state index >= 15 is 0 Å². The molecule has 1 aliphatic carbocycles. The number of ether oxygens (including phenoxy) is 2. The molecule has 1 N–H and O–H groups in total. The first-order chi connectivity index (χ1) is 16.5. The van der Waals surface area contributed by atoms with Crippen LogP contribution in [0.1, 0.15) is 63.6 Å². The minimum absolute atomic E-state index is 0.231. The molecule has 0 saturated heterocycles. The molecule has 6 heteroatoms. The van der Waals surface area contributed by atoms with Gasteiger partial charge in [0.15, 0.2) is 0 Å². The van der Waals surface area contributed by atoms with Crippen LogP contribution < -0.4 is 9.47 Å². The summed E-state index contributed by atoms with van der Waals surface area (Å²) < 4.78 is 13.8. The van der Waals surface area contributed by atoms with Gasteiger partial charge in [0.2, 0.25) is 5.88 Å². The number of aromatic nitrogens is 2. The van der Waals surface area contributed by atoms with Crippen molar-refractivity contribution in [3.05, 3.63) is 65.9 Å². The van der Waals surface area contributed by atoms with Crippen LogP contribution in [-0.4, -0.2) is 45.6 Å². The highest BCUT2D eigenvalue weighted by atomic mass is 16.5. The first-order valence-electron chi connectivity index (χ1n) is 12.4. The van der Waals surface area contributed by atoms with Crippen molar-refractivity contribution in [3.8, 4) is 23.1 Å². The van der Waals surface area contributed by atoms with Crippen molar-refractivity contribution in [1.82, 2.24) is 14.7 Å². The van der Waals surface area contributed by atoms with Crippen molar-refractivity contribution in [2.24, 2.45) is 0 Å². The van der Waals surface area contributed by atoms with Crippen LogP contribution in [0.15, 0.2) is 54.6 Å². The molecule has 0 bridgehead atoms. The largest absolute Gasteiger partial charge is 0.497 e. The predicted molar refractivity (Wildman–Crippen MR) is 135 cm³/mol. The molecule has 0 aliphatic heterocycles. The van der Waals surface area contributed by atoms with Crippen molar-refractivity contribution < 1.29 is 14.6 Å². The Kier molecular flexibility index (Phi) is 7.91. The lowest BCUT2D eigenvalue weighted by molar-refractivity contribution is 0.0960. The topological polar surface area (TPSA) is 59.8 Å². The monoisotopic (exact) mass is 463 g/mol. The fourth-order valence-corrected chi connectivity index (χ4v) is 4.35. The molecule has 0 radical (unpaired) electrons. The molecule has 0 amide bonds.